The van der Waals surface area contributed by atoms with Crippen molar-refractivity contribution >= 4 is 17.5 Å². The Bertz CT molecular complexity index is 1030. The first-order chi connectivity index (χ1) is 15.0. The van der Waals surface area contributed by atoms with E-state index in [1.165, 1.54) is 17.0 Å². The Balaban J connectivity index is 1.44. The smallest absolute Gasteiger partial charge is 0.243 e. The quantitative estimate of drug-likeness (QED) is 0.564. The van der Waals surface area contributed by atoms with Crippen LogP contribution in [0, 0.1) is 5.82 Å². The number of rotatable bonds is 9. The average Bonchev–Trinajstić information content (AvgIpc) is 3.23. The molecule has 1 heterocycles. The zero-order chi connectivity index (χ0) is 22.2. The minimum Gasteiger partial charge on any atom is -0.339 e. The average molecular weight is 424 g/mol. The fourth-order valence-electron chi connectivity index (χ4n) is 3.10. The van der Waals surface area contributed by atoms with Crippen molar-refractivity contribution in [3.63, 3.8) is 0 Å². The lowest BCUT2D eigenvalue weighted by atomic mass is 10.1. The third-order valence-corrected chi connectivity index (χ3v) is 4.83. The van der Waals surface area contributed by atoms with Crippen molar-refractivity contribution in [2.75, 3.05) is 18.9 Å². The van der Waals surface area contributed by atoms with E-state index in [1.807, 2.05) is 31.2 Å². The number of benzene rings is 2. The normalized spacial score (nSPS) is 10.7. The predicted molar refractivity (Wildman–Crippen MR) is 115 cm³/mol. The SMILES string of the molecule is CCc1ccccc1NC(=O)CN(C)C(=O)CCCc1nc(-c2ccc(F)cc2)no1. The summed E-state index contributed by atoms with van der Waals surface area (Å²) < 4.78 is 18.2. The highest BCUT2D eigenvalue weighted by molar-refractivity contribution is 5.95. The number of hydrogen-bond acceptors (Lipinski definition) is 5. The van der Waals surface area contributed by atoms with E-state index in [0.29, 0.717) is 30.1 Å². The fourth-order valence-corrected chi connectivity index (χ4v) is 3.10. The van der Waals surface area contributed by atoms with Gasteiger partial charge in [-0.2, -0.15) is 4.98 Å². The number of likely N-dealkylation sites (N-methyl/N-ethyl adjacent to an activating group) is 1. The molecule has 0 saturated carbocycles. The summed E-state index contributed by atoms with van der Waals surface area (Å²) in [6.45, 7) is 2.00. The molecule has 0 aliphatic rings. The Labute approximate surface area is 180 Å². The summed E-state index contributed by atoms with van der Waals surface area (Å²) in [5.41, 5.74) is 2.47. The second kappa shape index (κ2) is 10.5. The van der Waals surface area contributed by atoms with E-state index in [4.69, 9.17) is 4.52 Å². The van der Waals surface area contributed by atoms with Crippen LogP contribution in [0.5, 0.6) is 0 Å². The zero-order valence-electron chi connectivity index (χ0n) is 17.6. The van der Waals surface area contributed by atoms with E-state index in [-0.39, 0.29) is 30.6 Å². The number of para-hydroxylation sites is 1. The maximum Gasteiger partial charge on any atom is 0.243 e. The summed E-state index contributed by atoms with van der Waals surface area (Å²) >= 11 is 0. The van der Waals surface area contributed by atoms with Crippen LogP contribution in [-0.2, 0) is 22.4 Å². The molecule has 31 heavy (non-hydrogen) atoms. The number of amides is 2. The molecule has 0 aliphatic carbocycles. The predicted octanol–water partition coefficient (Wildman–Crippen LogP) is 3.86. The fraction of sp³-hybridized carbons (Fsp3) is 0.304. The zero-order valence-corrected chi connectivity index (χ0v) is 17.6. The highest BCUT2D eigenvalue weighted by Gasteiger charge is 2.15. The van der Waals surface area contributed by atoms with E-state index in [2.05, 4.69) is 15.5 Å². The molecule has 3 aromatic rings. The Morgan fingerprint density at radius 2 is 1.87 bits per heavy atom. The molecule has 8 heteroatoms. The molecule has 1 aromatic heterocycles. The van der Waals surface area contributed by atoms with Crippen molar-refractivity contribution in [1.82, 2.24) is 15.0 Å². The van der Waals surface area contributed by atoms with E-state index in [9.17, 15) is 14.0 Å². The summed E-state index contributed by atoms with van der Waals surface area (Å²) in [6, 6.07) is 13.4. The van der Waals surface area contributed by atoms with E-state index < -0.39 is 0 Å². The van der Waals surface area contributed by atoms with Crippen LogP contribution in [-0.4, -0.2) is 40.4 Å². The van der Waals surface area contributed by atoms with Gasteiger partial charge in [-0.1, -0.05) is 30.3 Å². The molecule has 0 bridgehead atoms. The summed E-state index contributed by atoms with van der Waals surface area (Å²) in [7, 11) is 1.60. The molecule has 0 atom stereocenters. The molecule has 3 rings (SSSR count). The van der Waals surface area contributed by atoms with Crippen LogP contribution in [0.3, 0.4) is 0 Å². The van der Waals surface area contributed by atoms with E-state index in [1.54, 1.807) is 19.2 Å². The first-order valence-electron chi connectivity index (χ1n) is 10.2. The van der Waals surface area contributed by atoms with Crippen LogP contribution in [0.4, 0.5) is 10.1 Å². The minimum atomic E-state index is -0.335. The van der Waals surface area contributed by atoms with Crippen LogP contribution in [0.15, 0.2) is 53.1 Å². The summed E-state index contributed by atoms with van der Waals surface area (Å²) in [6.07, 6.45) is 2.01. The third kappa shape index (κ3) is 6.21. The van der Waals surface area contributed by atoms with Gasteiger partial charge in [-0.3, -0.25) is 9.59 Å². The molecule has 2 amide bonds. The van der Waals surface area contributed by atoms with Crippen molar-refractivity contribution < 1.29 is 18.5 Å². The molecule has 0 fully saturated rings. The van der Waals surface area contributed by atoms with Crippen LogP contribution in [0.2, 0.25) is 0 Å². The number of hydrogen-bond donors (Lipinski definition) is 1. The number of carbonyl (C=O) groups is 2. The molecule has 0 unspecified atom stereocenters. The van der Waals surface area contributed by atoms with Gasteiger partial charge in [0.25, 0.3) is 0 Å². The van der Waals surface area contributed by atoms with Crippen molar-refractivity contribution in [3.8, 4) is 11.4 Å². The van der Waals surface area contributed by atoms with Gasteiger partial charge in [-0.15, -0.1) is 0 Å². The molecular weight excluding hydrogens is 399 g/mol. The molecule has 7 nitrogen and oxygen atoms in total. The Hall–Kier alpha value is -3.55. The Morgan fingerprint density at radius 1 is 1.13 bits per heavy atom. The first kappa shape index (κ1) is 22.1. The maximum absolute atomic E-state index is 13.0. The number of nitrogens with zero attached hydrogens (tertiary/aromatic N) is 3. The number of aryl methyl sites for hydroxylation is 2. The van der Waals surface area contributed by atoms with E-state index in [0.717, 1.165) is 17.7 Å². The van der Waals surface area contributed by atoms with Gasteiger partial charge >= 0.3 is 0 Å². The van der Waals surface area contributed by atoms with Gasteiger partial charge in [0.15, 0.2) is 0 Å². The lowest BCUT2D eigenvalue weighted by Crippen LogP contribution is -2.35. The molecule has 2 aromatic carbocycles. The van der Waals surface area contributed by atoms with Crippen LogP contribution < -0.4 is 5.32 Å². The van der Waals surface area contributed by atoms with Crippen molar-refractivity contribution in [3.05, 3.63) is 65.8 Å². The number of halogens is 1. The molecule has 162 valence electrons. The van der Waals surface area contributed by atoms with Gasteiger partial charge in [0.1, 0.15) is 5.82 Å². The maximum atomic E-state index is 13.0. The second-order valence-electron chi connectivity index (χ2n) is 7.18. The monoisotopic (exact) mass is 424 g/mol. The number of nitrogens with one attached hydrogen (secondary N) is 1. The summed E-state index contributed by atoms with van der Waals surface area (Å²) in [5.74, 6) is 0.0688. The van der Waals surface area contributed by atoms with E-state index >= 15 is 0 Å². The summed E-state index contributed by atoms with van der Waals surface area (Å²) in [4.78, 5) is 30.3. The van der Waals surface area contributed by atoms with Crippen molar-refractivity contribution in [1.29, 1.82) is 0 Å². The van der Waals surface area contributed by atoms with Gasteiger partial charge in [-0.05, 0) is 48.7 Å². The summed E-state index contributed by atoms with van der Waals surface area (Å²) in [5, 5.41) is 6.75. The Kier molecular flexibility index (Phi) is 7.48. The third-order valence-electron chi connectivity index (χ3n) is 4.83. The van der Waals surface area contributed by atoms with Gasteiger partial charge in [0.2, 0.25) is 23.5 Å². The molecule has 1 N–H and O–H groups in total. The van der Waals surface area contributed by atoms with Crippen molar-refractivity contribution in [2.24, 2.45) is 0 Å². The lowest BCUT2D eigenvalue weighted by molar-refractivity contribution is -0.133. The molecule has 0 aliphatic heterocycles. The number of carbonyl (C=O) groups excluding carboxylic acids is 2. The van der Waals surface area contributed by atoms with Gasteiger partial charge < -0.3 is 14.7 Å². The van der Waals surface area contributed by atoms with Gasteiger partial charge in [0.05, 0.1) is 6.54 Å². The number of aromatic nitrogens is 2. The van der Waals surface area contributed by atoms with Gasteiger partial charge in [0, 0.05) is 31.1 Å². The van der Waals surface area contributed by atoms with Crippen molar-refractivity contribution in [2.45, 2.75) is 32.6 Å². The lowest BCUT2D eigenvalue weighted by Gasteiger charge is -2.17. The standard InChI is InChI=1S/C23H25FN4O3/c1-3-16-7-4-5-8-19(16)25-20(29)15-28(2)22(30)10-6-9-21-26-23(27-31-21)17-11-13-18(24)14-12-17/h4-5,7-8,11-14H,3,6,9-10,15H2,1-2H3,(H,25,29). The molecular formula is C23H25FN4O3. The minimum absolute atomic E-state index is 0.0217. The molecule has 0 radical (unpaired) electrons. The second-order valence-corrected chi connectivity index (χ2v) is 7.18. The van der Waals surface area contributed by atoms with Gasteiger partial charge in [-0.25, -0.2) is 4.39 Å². The molecule has 0 saturated heterocycles. The van der Waals surface area contributed by atoms with Crippen LogP contribution in [0.1, 0.15) is 31.2 Å². The topological polar surface area (TPSA) is 88.3 Å². The highest BCUT2D eigenvalue weighted by atomic mass is 19.1. The number of anilines is 1. The Morgan fingerprint density at radius 3 is 2.61 bits per heavy atom. The largest absolute Gasteiger partial charge is 0.339 e. The highest BCUT2D eigenvalue weighted by Crippen LogP contribution is 2.17. The first-order valence-corrected chi connectivity index (χ1v) is 10.2. The molecule has 0 spiro atoms. The van der Waals surface area contributed by atoms with Crippen LogP contribution in [0.25, 0.3) is 11.4 Å². The van der Waals surface area contributed by atoms with Crippen LogP contribution >= 0.6 is 0 Å².